The zero-order valence-electron chi connectivity index (χ0n) is 18.2. The lowest BCUT2D eigenvalue weighted by molar-refractivity contribution is -0.384. The highest BCUT2D eigenvalue weighted by molar-refractivity contribution is 5.96. The largest absolute Gasteiger partial charge is 0.497 e. The quantitative estimate of drug-likeness (QED) is 0.389. The molecule has 4 atom stereocenters. The maximum atomic E-state index is 13.2. The van der Waals surface area contributed by atoms with Gasteiger partial charge in [0.15, 0.2) is 11.2 Å². The maximum Gasteiger partial charge on any atom is 0.329 e. The van der Waals surface area contributed by atoms with Crippen molar-refractivity contribution >= 4 is 29.2 Å². The minimum Gasteiger partial charge on any atom is -0.497 e. The number of benzene rings is 2. The van der Waals surface area contributed by atoms with Gasteiger partial charge in [0.05, 0.1) is 37.3 Å². The summed E-state index contributed by atoms with van der Waals surface area (Å²) in [4.78, 5) is 38.6. The molecule has 2 aliphatic rings. The highest BCUT2D eigenvalue weighted by Gasteiger charge is 2.66. The standard InChI is InChI=1S/C24H21N3O6/c1-14(28)22-21(15-4-7-17(8-5-15)27(30)31)24(13-25,23(29)33-3)20-11-6-16-12-18(32-2)9-10-19(16)26(20)22/h4-12,20-22H,1-3H3/t20-,21+,22-,24+/m1/s1. The molecule has 0 unspecified atom stereocenters. The molecule has 0 bridgehead atoms. The van der Waals surface area contributed by atoms with Gasteiger partial charge in [-0.25, -0.2) is 0 Å². The van der Waals surface area contributed by atoms with E-state index >= 15 is 0 Å². The van der Waals surface area contributed by atoms with Gasteiger partial charge in [-0.2, -0.15) is 5.26 Å². The molecule has 4 rings (SSSR count). The highest BCUT2D eigenvalue weighted by Crippen LogP contribution is 2.56. The van der Waals surface area contributed by atoms with Crippen molar-refractivity contribution in [2.24, 2.45) is 5.41 Å². The van der Waals surface area contributed by atoms with E-state index < -0.39 is 34.3 Å². The average molecular weight is 447 g/mol. The van der Waals surface area contributed by atoms with Crippen LogP contribution in [-0.2, 0) is 14.3 Å². The first kappa shape index (κ1) is 22.0. The Morgan fingerprint density at radius 2 is 1.88 bits per heavy atom. The molecule has 2 aromatic carbocycles. The van der Waals surface area contributed by atoms with Crippen LogP contribution in [0.2, 0.25) is 0 Å². The molecule has 0 amide bonds. The van der Waals surface area contributed by atoms with Crippen LogP contribution in [0.15, 0.2) is 48.5 Å². The molecule has 0 spiro atoms. The van der Waals surface area contributed by atoms with Gasteiger partial charge in [0, 0.05) is 29.3 Å². The first-order valence-corrected chi connectivity index (χ1v) is 10.2. The average Bonchev–Trinajstić information content (AvgIpc) is 3.14. The van der Waals surface area contributed by atoms with Crippen LogP contribution in [0.25, 0.3) is 6.08 Å². The number of Topliss-reactive ketones (excluding diaryl/α,β-unsaturated/α-hetero) is 1. The van der Waals surface area contributed by atoms with E-state index in [0.29, 0.717) is 17.0 Å². The van der Waals surface area contributed by atoms with Crippen LogP contribution in [0.4, 0.5) is 11.4 Å². The molecule has 2 heterocycles. The minimum absolute atomic E-state index is 0.133. The maximum absolute atomic E-state index is 13.2. The van der Waals surface area contributed by atoms with Gasteiger partial charge in [0.25, 0.3) is 5.69 Å². The van der Waals surface area contributed by atoms with E-state index in [2.05, 4.69) is 6.07 Å². The van der Waals surface area contributed by atoms with Crippen LogP contribution in [0.3, 0.4) is 0 Å². The number of hydrogen-bond acceptors (Lipinski definition) is 8. The summed E-state index contributed by atoms with van der Waals surface area (Å²) in [5.41, 5.74) is 0.0294. The summed E-state index contributed by atoms with van der Waals surface area (Å²) >= 11 is 0. The van der Waals surface area contributed by atoms with Crippen LogP contribution in [0.1, 0.15) is 24.0 Å². The van der Waals surface area contributed by atoms with Crippen molar-refractivity contribution < 1.29 is 24.0 Å². The van der Waals surface area contributed by atoms with Crippen molar-refractivity contribution in [1.29, 1.82) is 5.26 Å². The number of non-ortho nitro benzene ring substituents is 1. The van der Waals surface area contributed by atoms with Gasteiger partial charge in [0.1, 0.15) is 5.75 Å². The summed E-state index contributed by atoms with van der Waals surface area (Å²) in [7, 11) is 2.75. The van der Waals surface area contributed by atoms with Crippen molar-refractivity contribution in [3.63, 3.8) is 0 Å². The van der Waals surface area contributed by atoms with E-state index in [-0.39, 0.29) is 11.5 Å². The van der Waals surface area contributed by atoms with Gasteiger partial charge >= 0.3 is 5.97 Å². The molecule has 1 fully saturated rings. The van der Waals surface area contributed by atoms with Crippen molar-refractivity contribution in [3.8, 4) is 11.8 Å². The summed E-state index contributed by atoms with van der Waals surface area (Å²) < 4.78 is 10.4. The molecule has 168 valence electrons. The van der Waals surface area contributed by atoms with Crippen molar-refractivity contribution in [3.05, 3.63) is 69.8 Å². The molecule has 2 aliphatic heterocycles. The normalized spacial score (nSPS) is 24.9. The van der Waals surface area contributed by atoms with Crippen LogP contribution >= 0.6 is 0 Å². The Labute approximate surface area is 190 Å². The van der Waals surface area contributed by atoms with E-state index in [0.717, 1.165) is 5.56 Å². The van der Waals surface area contributed by atoms with Crippen LogP contribution in [0, 0.1) is 26.9 Å². The zero-order chi connectivity index (χ0) is 23.9. The van der Waals surface area contributed by atoms with Gasteiger partial charge in [-0.3, -0.25) is 19.7 Å². The third-order valence-corrected chi connectivity index (χ3v) is 6.43. The Balaban J connectivity index is 1.98. The third kappa shape index (κ3) is 3.14. The molecule has 9 heteroatoms. The van der Waals surface area contributed by atoms with Crippen molar-refractivity contribution in [2.45, 2.75) is 24.9 Å². The molecule has 0 aromatic heterocycles. The number of carbonyl (C=O) groups is 2. The Morgan fingerprint density at radius 3 is 2.42 bits per heavy atom. The van der Waals surface area contributed by atoms with Gasteiger partial charge in [0.2, 0.25) is 0 Å². The fraction of sp³-hybridized carbons (Fsp3) is 0.292. The SMILES string of the molecule is COC(=O)[C@]1(C#N)[C@@H](c2ccc([N+](=O)[O-])cc2)[C@@H](C(C)=O)N2c3ccc(OC)cc3C=C[C@@H]21. The number of hydrogen-bond donors (Lipinski definition) is 0. The van der Waals surface area contributed by atoms with E-state index in [4.69, 9.17) is 9.47 Å². The molecule has 0 aliphatic carbocycles. The number of esters is 1. The number of ether oxygens (including phenoxy) is 2. The molecule has 33 heavy (non-hydrogen) atoms. The fourth-order valence-corrected chi connectivity index (χ4v) is 5.03. The summed E-state index contributed by atoms with van der Waals surface area (Å²) in [6.45, 7) is 1.41. The monoisotopic (exact) mass is 447 g/mol. The second kappa shape index (κ2) is 8.06. The number of fused-ring (bicyclic) bond motifs is 3. The number of nitro benzene ring substituents is 1. The van der Waals surface area contributed by atoms with Gasteiger partial charge in [-0.15, -0.1) is 0 Å². The lowest BCUT2D eigenvalue weighted by Gasteiger charge is -2.36. The molecule has 1 saturated heterocycles. The Morgan fingerprint density at radius 1 is 1.18 bits per heavy atom. The lowest BCUT2D eigenvalue weighted by atomic mass is 9.68. The van der Waals surface area contributed by atoms with Crippen LogP contribution in [0.5, 0.6) is 5.75 Å². The molecular weight excluding hydrogens is 426 g/mol. The smallest absolute Gasteiger partial charge is 0.329 e. The number of carbonyl (C=O) groups excluding carboxylic acids is 2. The molecule has 0 saturated carbocycles. The highest BCUT2D eigenvalue weighted by atomic mass is 16.6. The predicted molar refractivity (Wildman–Crippen MR) is 119 cm³/mol. The summed E-state index contributed by atoms with van der Waals surface area (Å²) in [5, 5.41) is 21.5. The van der Waals surface area contributed by atoms with E-state index in [1.807, 2.05) is 6.07 Å². The minimum atomic E-state index is -1.75. The number of ketones is 1. The third-order valence-electron chi connectivity index (χ3n) is 6.43. The second-order valence-corrected chi connectivity index (χ2v) is 7.99. The molecular formula is C24H21N3O6. The van der Waals surface area contributed by atoms with Gasteiger partial charge in [-0.05, 0) is 30.7 Å². The predicted octanol–water partition coefficient (Wildman–Crippen LogP) is 3.24. The second-order valence-electron chi connectivity index (χ2n) is 7.99. The Kier molecular flexibility index (Phi) is 5.38. The first-order chi connectivity index (χ1) is 15.8. The Hall–Kier alpha value is -4.19. The number of anilines is 1. The van der Waals surface area contributed by atoms with E-state index in [9.17, 15) is 25.0 Å². The molecule has 2 aromatic rings. The molecule has 0 N–H and O–H groups in total. The topological polar surface area (TPSA) is 123 Å². The number of nitrogens with zero attached hydrogens (tertiary/aromatic N) is 3. The number of methoxy groups -OCH3 is 2. The van der Waals surface area contributed by atoms with Gasteiger partial charge in [-0.1, -0.05) is 24.3 Å². The van der Waals surface area contributed by atoms with Crippen LogP contribution in [-0.4, -0.2) is 43.0 Å². The fourth-order valence-electron chi connectivity index (χ4n) is 5.03. The van der Waals surface area contributed by atoms with Crippen LogP contribution < -0.4 is 9.64 Å². The molecule has 0 radical (unpaired) electrons. The van der Waals surface area contributed by atoms with Crippen molar-refractivity contribution in [1.82, 2.24) is 0 Å². The first-order valence-electron chi connectivity index (χ1n) is 10.2. The van der Waals surface area contributed by atoms with Crippen molar-refractivity contribution in [2.75, 3.05) is 19.1 Å². The number of nitriles is 1. The summed E-state index contributed by atoms with van der Waals surface area (Å²) in [5.74, 6) is -1.31. The molecule has 9 nitrogen and oxygen atoms in total. The Bertz CT molecular complexity index is 1220. The van der Waals surface area contributed by atoms with E-state index in [1.165, 1.54) is 38.3 Å². The summed E-state index contributed by atoms with van der Waals surface area (Å²) in [6.07, 6.45) is 3.52. The number of nitro groups is 1. The lowest BCUT2D eigenvalue weighted by Crippen LogP contribution is -2.46. The summed E-state index contributed by atoms with van der Waals surface area (Å²) in [6, 6.07) is 11.4. The van der Waals surface area contributed by atoms with E-state index in [1.54, 1.807) is 36.3 Å². The van der Waals surface area contributed by atoms with Gasteiger partial charge < -0.3 is 14.4 Å². The zero-order valence-corrected chi connectivity index (χ0v) is 18.2. The number of rotatable bonds is 5.